The van der Waals surface area contributed by atoms with Crippen molar-refractivity contribution in [1.29, 1.82) is 0 Å². The van der Waals surface area contributed by atoms with E-state index in [0.29, 0.717) is 6.04 Å². The summed E-state index contributed by atoms with van der Waals surface area (Å²) in [5.74, 6) is 0. The molecule has 0 aliphatic carbocycles. The lowest BCUT2D eigenvalue weighted by Crippen LogP contribution is -2.39. The van der Waals surface area contributed by atoms with Gasteiger partial charge in [0.15, 0.2) is 0 Å². The van der Waals surface area contributed by atoms with E-state index in [9.17, 15) is 0 Å². The van der Waals surface area contributed by atoms with E-state index in [0.717, 1.165) is 43.1 Å². The first-order chi connectivity index (χ1) is 7.65. The van der Waals surface area contributed by atoms with Gasteiger partial charge in [0.05, 0.1) is 0 Å². The van der Waals surface area contributed by atoms with Gasteiger partial charge in [-0.2, -0.15) is 0 Å². The van der Waals surface area contributed by atoms with Crippen LogP contribution in [0.1, 0.15) is 24.0 Å². The largest absolute Gasteiger partial charge is 0.328 e. The summed E-state index contributed by atoms with van der Waals surface area (Å²) in [6.45, 7) is 5.23. The van der Waals surface area contributed by atoms with Gasteiger partial charge in [-0.1, -0.05) is 23.7 Å². The average Bonchev–Trinajstić information content (AvgIpc) is 2.27. The molecular weight excluding hydrogens is 220 g/mol. The lowest BCUT2D eigenvalue weighted by Gasteiger charge is -2.30. The Kier molecular flexibility index (Phi) is 3.85. The molecule has 2 N–H and O–H groups in total. The molecule has 0 spiro atoms. The topological polar surface area (TPSA) is 29.3 Å². The third-order valence-corrected chi connectivity index (χ3v) is 3.68. The second kappa shape index (κ2) is 5.17. The van der Waals surface area contributed by atoms with Crippen molar-refractivity contribution in [1.82, 2.24) is 4.90 Å². The number of aryl methyl sites for hydroxylation is 1. The fourth-order valence-electron chi connectivity index (χ4n) is 2.10. The Hall–Kier alpha value is -0.570. The maximum atomic E-state index is 6.12. The molecule has 0 atom stereocenters. The van der Waals surface area contributed by atoms with Gasteiger partial charge in [-0.15, -0.1) is 0 Å². The van der Waals surface area contributed by atoms with Gasteiger partial charge in [0.2, 0.25) is 0 Å². The minimum atomic E-state index is 0.401. The van der Waals surface area contributed by atoms with E-state index in [-0.39, 0.29) is 0 Å². The van der Waals surface area contributed by atoms with Crippen molar-refractivity contribution < 1.29 is 0 Å². The maximum absolute atomic E-state index is 6.12. The lowest BCUT2D eigenvalue weighted by molar-refractivity contribution is 0.205. The second-order valence-corrected chi connectivity index (χ2v) is 5.10. The molecule has 0 unspecified atom stereocenters. The normalized spacial score (nSPS) is 18.9. The number of nitrogens with two attached hydrogens (primary N) is 1. The van der Waals surface area contributed by atoms with Crippen LogP contribution in [0.25, 0.3) is 0 Å². The number of hydrogen-bond donors (Lipinski definition) is 1. The zero-order valence-electron chi connectivity index (χ0n) is 9.75. The molecule has 0 bridgehead atoms. The Morgan fingerprint density at radius 1 is 1.38 bits per heavy atom. The molecule has 1 heterocycles. The van der Waals surface area contributed by atoms with Crippen molar-refractivity contribution >= 4 is 11.6 Å². The monoisotopic (exact) mass is 238 g/mol. The number of nitrogens with zero attached hydrogens (tertiary/aromatic N) is 1. The van der Waals surface area contributed by atoms with E-state index >= 15 is 0 Å². The number of rotatable bonds is 2. The standard InChI is InChI=1S/C13H19ClN2/c1-10-2-3-11(8-13(10)14)9-16-6-4-12(15)5-7-16/h2-3,8,12H,4-7,9,15H2,1H3. The van der Waals surface area contributed by atoms with Crippen molar-refractivity contribution in [2.45, 2.75) is 32.4 Å². The Labute approximate surface area is 102 Å². The molecule has 2 nitrogen and oxygen atoms in total. The number of benzene rings is 1. The molecule has 0 amide bonds. The van der Waals surface area contributed by atoms with Crippen LogP contribution in [0, 0.1) is 6.92 Å². The van der Waals surface area contributed by atoms with Crippen LogP contribution in [-0.2, 0) is 6.54 Å². The van der Waals surface area contributed by atoms with Gasteiger partial charge in [0.25, 0.3) is 0 Å². The molecule has 2 rings (SSSR count). The van der Waals surface area contributed by atoms with Crippen LogP contribution in [0.5, 0.6) is 0 Å². The van der Waals surface area contributed by atoms with Gasteiger partial charge in [0, 0.05) is 17.6 Å². The molecule has 1 aromatic carbocycles. The highest BCUT2D eigenvalue weighted by atomic mass is 35.5. The first-order valence-electron chi connectivity index (χ1n) is 5.88. The van der Waals surface area contributed by atoms with Gasteiger partial charge < -0.3 is 5.73 Å². The predicted octanol–water partition coefficient (Wildman–Crippen LogP) is 2.57. The predicted molar refractivity (Wildman–Crippen MR) is 68.7 cm³/mol. The highest BCUT2D eigenvalue weighted by Crippen LogP contribution is 2.19. The average molecular weight is 239 g/mol. The van der Waals surface area contributed by atoms with Crippen molar-refractivity contribution in [3.05, 3.63) is 34.3 Å². The van der Waals surface area contributed by atoms with E-state index in [2.05, 4.69) is 23.1 Å². The molecule has 88 valence electrons. The van der Waals surface area contributed by atoms with Crippen LogP contribution >= 0.6 is 11.6 Å². The Morgan fingerprint density at radius 2 is 2.06 bits per heavy atom. The molecular formula is C13H19ClN2. The fraction of sp³-hybridized carbons (Fsp3) is 0.538. The number of likely N-dealkylation sites (tertiary alicyclic amines) is 1. The fourth-order valence-corrected chi connectivity index (χ4v) is 2.31. The van der Waals surface area contributed by atoms with Crippen LogP contribution < -0.4 is 5.73 Å². The minimum absolute atomic E-state index is 0.401. The Morgan fingerprint density at radius 3 is 2.69 bits per heavy atom. The first kappa shape index (κ1) is 11.9. The SMILES string of the molecule is Cc1ccc(CN2CCC(N)CC2)cc1Cl. The van der Waals surface area contributed by atoms with E-state index in [1.807, 2.05) is 6.92 Å². The smallest absolute Gasteiger partial charge is 0.0438 e. The third kappa shape index (κ3) is 2.97. The zero-order valence-corrected chi connectivity index (χ0v) is 10.5. The molecule has 1 aromatic rings. The van der Waals surface area contributed by atoms with Crippen molar-refractivity contribution in [3.8, 4) is 0 Å². The van der Waals surface area contributed by atoms with Crippen LogP contribution in [0.15, 0.2) is 18.2 Å². The van der Waals surface area contributed by atoms with Crippen LogP contribution in [-0.4, -0.2) is 24.0 Å². The molecule has 0 aromatic heterocycles. The third-order valence-electron chi connectivity index (χ3n) is 3.27. The van der Waals surface area contributed by atoms with E-state index in [1.165, 1.54) is 5.56 Å². The van der Waals surface area contributed by atoms with E-state index in [1.54, 1.807) is 0 Å². The van der Waals surface area contributed by atoms with Gasteiger partial charge >= 0.3 is 0 Å². The summed E-state index contributed by atoms with van der Waals surface area (Å²) < 4.78 is 0. The maximum Gasteiger partial charge on any atom is 0.0438 e. The molecule has 3 heteroatoms. The number of halogens is 1. The summed E-state index contributed by atoms with van der Waals surface area (Å²) >= 11 is 6.12. The van der Waals surface area contributed by atoms with Gasteiger partial charge in [0.1, 0.15) is 0 Å². The van der Waals surface area contributed by atoms with Crippen molar-refractivity contribution in [3.63, 3.8) is 0 Å². The van der Waals surface area contributed by atoms with Crippen LogP contribution in [0.2, 0.25) is 5.02 Å². The molecule has 16 heavy (non-hydrogen) atoms. The number of hydrogen-bond acceptors (Lipinski definition) is 2. The summed E-state index contributed by atoms with van der Waals surface area (Å²) in [4.78, 5) is 2.45. The van der Waals surface area contributed by atoms with Gasteiger partial charge in [-0.3, -0.25) is 4.90 Å². The molecule has 1 saturated heterocycles. The van der Waals surface area contributed by atoms with E-state index < -0.39 is 0 Å². The Bertz CT molecular complexity index is 357. The molecule has 1 fully saturated rings. The Balaban J connectivity index is 1.96. The molecule has 0 radical (unpaired) electrons. The van der Waals surface area contributed by atoms with Crippen molar-refractivity contribution in [2.24, 2.45) is 5.73 Å². The lowest BCUT2D eigenvalue weighted by atomic mass is 10.0. The summed E-state index contributed by atoms with van der Waals surface area (Å²) in [7, 11) is 0. The van der Waals surface area contributed by atoms with Crippen LogP contribution in [0.4, 0.5) is 0 Å². The molecule has 1 aliphatic rings. The zero-order chi connectivity index (χ0) is 11.5. The van der Waals surface area contributed by atoms with Gasteiger partial charge in [-0.25, -0.2) is 0 Å². The summed E-state index contributed by atoms with van der Waals surface area (Å²) in [5, 5.41) is 0.867. The highest BCUT2D eigenvalue weighted by molar-refractivity contribution is 6.31. The van der Waals surface area contributed by atoms with Gasteiger partial charge in [-0.05, 0) is 50.0 Å². The first-order valence-corrected chi connectivity index (χ1v) is 6.26. The minimum Gasteiger partial charge on any atom is -0.328 e. The van der Waals surface area contributed by atoms with E-state index in [4.69, 9.17) is 17.3 Å². The molecule has 1 aliphatic heterocycles. The summed E-state index contributed by atoms with van der Waals surface area (Å²) in [5.41, 5.74) is 8.33. The number of piperidine rings is 1. The molecule has 0 saturated carbocycles. The quantitative estimate of drug-likeness (QED) is 0.858. The summed E-state index contributed by atoms with van der Waals surface area (Å²) in [6.07, 6.45) is 2.22. The van der Waals surface area contributed by atoms with Crippen molar-refractivity contribution in [2.75, 3.05) is 13.1 Å². The van der Waals surface area contributed by atoms with Crippen LogP contribution in [0.3, 0.4) is 0 Å². The summed E-state index contributed by atoms with van der Waals surface area (Å²) in [6, 6.07) is 6.73. The second-order valence-electron chi connectivity index (χ2n) is 4.70. The highest BCUT2D eigenvalue weighted by Gasteiger charge is 2.15.